The van der Waals surface area contributed by atoms with Gasteiger partial charge >= 0.3 is 0 Å². The van der Waals surface area contributed by atoms with Crippen molar-refractivity contribution in [2.75, 3.05) is 19.0 Å². The van der Waals surface area contributed by atoms with Crippen LogP contribution in [0.1, 0.15) is 31.9 Å². The Morgan fingerprint density at radius 3 is 2.65 bits per heavy atom. The summed E-state index contributed by atoms with van der Waals surface area (Å²) in [6.45, 7) is 6.33. The average Bonchev–Trinajstić information content (AvgIpc) is 2.50. The molecule has 0 atom stereocenters. The highest BCUT2D eigenvalue weighted by atomic mass is 35.5. The van der Waals surface area contributed by atoms with Gasteiger partial charge in [0.05, 0.1) is 5.54 Å². The van der Waals surface area contributed by atoms with E-state index in [1.165, 1.54) is 13.1 Å². The van der Waals surface area contributed by atoms with Crippen LogP contribution in [0.25, 0.3) is 11.6 Å². The zero-order valence-electron chi connectivity index (χ0n) is 14.0. The summed E-state index contributed by atoms with van der Waals surface area (Å²) in [5, 5.41) is 12.1. The molecule has 1 amide bonds. The van der Waals surface area contributed by atoms with Gasteiger partial charge in [0.1, 0.15) is 11.6 Å². The molecule has 0 unspecified atom stereocenters. The molecule has 2 rings (SSSR count). The molecule has 0 spiro atoms. The number of halogens is 1. The first-order valence-electron chi connectivity index (χ1n) is 7.32. The molecule has 0 radical (unpaired) electrons. The third-order valence-corrected chi connectivity index (χ3v) is 4.55. The quantitative estimate of drug-likeness (QED) is 0.666. The van der Waals surface area contributed by atoms with E-state index in [0.29, 0.717) is 10.6 Å². The lowest BCUT2D eigenvalue weighted by Crippen LogP contribution is -2.42. The van der Waals surface area contributed by atoms with Crippen molar-refractivity contribution in [3.8, 4) is 6.07 Å². The number of carbonyl (C=O) groups is 1. The van der Waals surface area contributed by atoms with Crippen molar-refractivity contribution < 1.29 is 4.79 Å². The largest absolute Gasteiger partial charge is 0.365 e. The van der Waals surface area contributed by atoms with Crippen molar-refractivity contribution >= 4 is 34.8 Å². The summed E-state index contributed by atoms with van der Waals surface area (Å²) in [4.78, 5) is 13.8. The number of anilines is 1. The lowest BCUT2D eigenvalue weighted by molar-refractivity contribution is -0.116. The van der Waals surface area contributed by atoms with Crippen LogP contribution >= 0.6 is 11.6 Å². The van der Waals surface area contributed by atoms with Crippen LogP contribution in [0.2, 0.25) is 5.02 Å². The zero-order chi connectivity index (χ0) is 17.4. The molecular weight excluding hydrogens is 310 g/mol. The minimum absolute atomic E-state index is 0.0282. The molecule has 0 fully saturated rings. The maximum absolute atomic E-state index is 11.7. The smallest absolute Gasteiger partial charge is 0.261 e. The van der Waals surface area contributed by atoms with Crippen LogP contribution < -0.4 is 10.2 Å². The summed E-state index contributed by atoms with van der Waals surface area (Å²) in [6, 6.07) is 5.72. The first-order chi connectivity index (χ1) is 10.7. The van der Waals surface area contributed by atoms with E-state index >= 15 is 0 Å². The van der Waals surface area contributed by atoms with E-state index in [4.69, 9.17) is 16.9 Å². The molecule has 0 bridgehead atoms. The molecule has 1 heterocycles. The summed E-state index contributed by atoms with van der Waals surface area (Å²) in [6.07, 6.45) is 3.72. The lowest BCUT2D eigenvalue weighted by atomic mass is 9.88. The van der Waals surface area contributed by atoms with Crippen LogP contribution in [0, 0.1) is 11.3 Å². The van der Waals surface area contributed by atoms with Crippen molar-refractivity contribution in [3.63, 3.8) is 0 Å². The molecule has 1 aromatic carbocycles. The Labute approximate surface area is 142 Å². The Balaban J connectivity index is 2.61. The van der Waals surface area contributed by atoms with Gasteiger partial charge in [0.2, 0.25) is 0 Å². The summed E-state index contributed by atoms with van der Waals surface area (Å²) in [5.41, 5.74) is 3.82. The van der Waals surface area contributed by atoms with Crippen molar-refractivity contribution in [2.45, 2.75) is 26.3 Å². The van der Waals surface area contributed by atoms with Gasteiger partial charge in [0, 0.05) is 30.4 Å². The SMILES string of the molecule is CNC(=O)/C(C#N)=C/c1cc2c(cc1Cl)N(C)C(C)(C)C=C2C. The van der Waals surface area contributed by atoms with Gasteiger partial charge in [-0.25, -0.2) is 0 Å². The number of allylic oxidation sites excluding steroid dienone is 1. The maximum Gasteiger partial charge on any atom is 0.261 e. The molecule has 1 aliphatic rings. The van der Waals surface area contributed by atoms with Gasteiger partial charge in [-0.15, -0.1) is 0 Å². The van der Waals surface area contributed by atoms with Gasteiger partial charge in [-0.05, 0) is 50.1 Å². The first kappa shape index (κ1) is 17.1. The number of nitrogens with one attached hydrogen (secondary N) is 1. The second-order valence-corrected chi connectivity index (χ2v) is 6.59. The van der Waals surface area contributed by atoms with E-state index in [1.807, 2.05) is 25.2 Å². The molecule has 4 nitrogen and oxygen atoms in total. The minimum Gasteiger partial charge on any atom is -0.365 e. The van der Waals surface area contributed by atoms with E-state index in [9.17, 15) is 4.79 Å². The molecule has 0 saturated carbocycles. The second kappa shape index (κ2) is 6.10. The Hall–Kier alpha value is -2.25. The molecule has 120 valence electrons. The van der Waals surface area contributed by atoms with E-state index < -0.39 is 5.91 Å². The molecule has 0 aromatic heterocycles. The van der Waals surface area contributed by atoms with Crippen LogP contribution in [0.4, 0.5) is 5.69 Å². The molecule has 0 aliphatic carbocycles. The van der Waals surface area contributed by atoms with E-state index in [-0.39, 0.29) is 11.1 Å². The topological polar surface area (TPSA) is 56.1 Å². The van der Waals surface area contributed by atoms with Crippen LogP contribution in [0.15, 0.2) is 23.8 Å². The lowest BCUT2D eigenvalue weighted by Gasteiger charge is -2.40. The molecule has 1 N–H and O–H groups in total. The number of nitriles is 1. The molecule has 0 saturated heterocycles. The summed E-state index contributed by atoms with van der Waals surface area (Å²) >= 11 is 6.38. The Morgan fingerprint density at radius 1 is 1.43 bits per heavy atom. The van der Waals surface area contributed by atoms with Crippen molar-refractivity contribution in [2.24, 2.45) is 0 Å². The standard InChI is InChI=1S/C18H20ClN3O/c1-11-9-18(2,3)22(5)16-8-15(19)12(7-14(11)16)6-13(10-20)17(23)21-4/h6-9H,1-5H3,(H,21,23)/b13-6+. The number of benzene rings is 1. The zero-order valence-corrected chi connectivity index (χ0v) is 14.7. The third kappa shape index (κ3) is 3.11. The number of fused-ring (bicyclic) bond motifs is 1. The van der Waals surface area contributed by atoms with Gasteiger partial charge in [-0.3, -0.25) is 4.79 Å². The normalized spacial score (nSPS) is 16.3. The van der Waals surface area contributed by atoms with Crippen LogP contribution in [-0.4, -0.2) is 25.5 Å². The van der Waals surface area contributed by atoms with E-state index in [0.717, 1.165) is 16.8 Å². The van der Waals surface area contributed by atoms with Gasteiger partial charge in [0.15, 0.2) is 0 Å². The summed E-state index contributed by atoms with van der Waals surface area (Å²) < 4.78 is 0. The predicted molar refractivity (Wildman–Crippen MR) is 95.2 cm³/mol. The molecule has 5 heteroatoms. The van der Waals surface area contributed by atoms with Gasteiger partial charge in [0.25, 0.3) is 5.91 Å². The number of amides is 1. The van der Waals surface area contributed by atoms with Crippen LogP contribution in [0.5, 0.6) is 0 Å². The fraction of sp³-hybridized carbons (Fsp3) is 0.333. The molecule has 23 heavy (non-hydrogen) atoms. The number of rotatable bonds is 2. The second-order valence-electron chi connectivity index (χ2n) is 6.18. The van der Waals surface area contributed by atoms with Crippen LogP contribution in [0.3, 0.4) is 0 Å². The number of nitrogens with zero attached hydrogens (tertiary/aromatic N) is 2. The fourth-order valence-electron chi connectivity index (χ4n) is 2.74. The minimum atomic E-state index is -0.424. The first-order valence-corrected chi connectivity index (χ1v) is 7.70. The molecule has 1 aliphatic heterocycles. The number of carbonyl (C=O) groups excluding carboxylic acids is 1. The van der Waals surface area contributed by atoms with Crippen molar-refractivity contribution in [3.05, 3.63) is 39.9 Å². The summed E-state index contributed by atoms with van der Waals surface area (Å²) in [7, 11) is 3.52. The molecular formula is C18H20ClN3O. The number of hydrogen-bond acceptors (Lipinski definition) is 3. The third-order valence-electron chi connectivity index (χ3n) is 4.23. The fourth-order valence-corrected chi connectivity index (χ4v) is 2.95. The van der Waals surface area contributed by atoms with E-state index in [1.54, 1.807) is 0 Å². The predicted octanol–water partition coefficient (Wildman–Crippen LogP) is 3.62. The number of hydrogen-bond donors (Lipinski definition) is 1. The number of likely N-dealkylation sites (N-methyl/N-ethyl adjacent to an activating group) is 2. The Bertz CT molecular complexity index is 769. The monoisotopic (exact) mass is 329 g/mol. The Kier molecular flexibility index (Phi) is 4.53. The van der Waals surface area contributed by atoms with Gasteiger partial charge in [-0.1, -0.05) is 17.7 Å². The van der Waals surface area contributed by atoms with Crippen molar-refractivity contribution in [1.82, 2.24) is 5.32 Å². The van der Waals surface area contributed by atoms with E-state index in [2.05, 4.69) is 37.1 Å². The highest BCUT2D eigenvalue weighted by Gasteiger charge is 2.29. The highest BCUT2D eigenvalue weighted by Crippen LogP contribution is 2.40. The van der Waals surface area contributed by atoms with Gasteiger partial charge in [-0.2, -0.15) is 5.26 Å². The molecule has 1 aromatic rings. The summed E-state index contributed by atoms with van der Waals surface area (Å²) in [5.74, 6) is -0.424. The average molecular weight is 330 g/mol. The Morgan fingerprint density at radius 2 is 2.09 bits per heavy atom. The van der Waals surface area contributed by atoms with Crippen LogP contribution in [-0.2, 0) is 4.79 Å². The van der Waals surface area contributed by atoms with Gasteiger partial charge < -0.3 is 10.2 Å². The highest BCUT2D eigenvalue weighted by molar-refractivity contribution is 6.32. The van der Waals surface area contributed by atoms with Crippen molar-refractivity contribution in [1.29, 1.82) is 5.26 Å². The maximum atomic E-state index is 11.7.